The standard InChI is InChI=1S/C41H59FN4O7/c1-12-14-19-31(28(3)21-24-43-34(17-13-2)46(38(48)52-40(5,6)7)39(49)53-41(8,9)10)36-32(22-26-51-36)29(4)45-27-30-18-15-20-33(35(30)42)37(47)44-23-16-25-50-11/h14-15,17-21,24,45H,12-13,16,22-23,25-27H2,1-11H3,(H,44,47)/b19-14+,28-21+,32-29+,34-17-,36-31?,43-24-. The Labute approximate surface area is 315 Å². The number of hydrogen-bond donors (Lipinski definition) is 2. The monoisotopic (exact) mass is 738 g/mol. The first kappa shape index (κ1) is 44.5. The molecule has 0 spiro atoms. The summed E-state index contributed by atoms with van der Waals surface area (Å²) in [5, 5.41) is 6.07. The third-order valence-corrected chi connectivity index (χ3v) is 7.49. The topological polar surface area (TPSA) is 128 Å². The van der Waals surface area contributed by atoms with Crippen LogP contribution in [0.1, 0.15) is 111 Å². The van der Waals surface area contributed by atoms with Crippen molar-refractivity contribution in [1.82, 2.24) is 15.5 Å². The molecule has 292 valence electrons. The van der Waals surface area contributed by atoms with Crippen LogP contribution >= 0.6 is 0 Å². The number of ether oxygens (including phenoxy) is 4. The van der Waals surface area contributed by atoms with E-state index in [4.69, 9.17) is 18.9 Å². The maximum Gasteiger partial charge on any atom is 0.425 e. The minimum absolute atomic E-state index is 0.0107. The molecule has 0 bridgehead atoms. The van der Waals surface area contributed by atoms with E-state index < -0.39 is 35.1 Å². The molecule has 1 aliphatic rings. The molecule has 12 heteroatoms. The first-order chi connectivity index (χ1) is 24.9. The van der Waals surface area contributed by atoms with Gasteiger partial charge in [-0.1, -0.05) is 38.1 Å². The SMILES string of the molecule is CC/C=C(/N=C\C=C(/C)C(/C=C/CC)=C1OCC/C1=C(/C)NCc1cccc(C(=O)NCCCOC)c1F)N(C(=O)OC(C)(C)C)C(=O)OC(C)(C)C. The molecule has 1 saturated heterocycles. The van der Waals surface area contributed by atoms with Gasteiger partial charge < -0.3 is 29.6 Å². The van der Waals surface area contributed by atoms with Crippen LogP contribution in [0.2, 0.25) is 0 Å². The molecule has 1 aliphatic heterocycles. The number of nitrogens with one attached hydrogen (secondary N) is 2. The van der Waals surface area contributed by atoms with Gasteiger partial charge in [0.15, 0.2) is 0 Å². The number of carbonyl (C=O) groups excluding carboxylic acids is 3. The van der Waals surface area contributed by atoms with Crippen LogP contribution in [0.5, 0.6) is 0 Å². The number of halogens is 1. The first-order valence-corrected chi connectivity index (χ1v) is 18.1. The second kappa shape index (κ2) is 21.1. The van der Waals surface area contributed by atoms with E-state index in [1.54, 1.807) is 72.9 Å². The van der Waals surface area contributed by atoms with Gasteiger partial charge in [-0.05, 0) is 98.4 Å². The fourth-order valence-electron chi connectivity index (χ4n) is 4.99. The predicted molar refractivity (Wildman–Crippen MR) is 207 cm³/mol. The Hall–Kier alpha value is -4.71. The van der Waals surface area contributed by atoms with Gasteiger partial charge in [-0.25, -0.2) is 19.0 Å². The van der Waals surface area contributed by atoms with Gasteiger partial charge in [-0.2, -0.15) is 4.90 Å². The Morgan fingerprint density at radius 3 is 2.25 bits per heavy atom. The fourth-order valence-corrected chi connectivity index (χ4v) is 4.99. The molecule has 2 N–H and O–H groups in total. The summed E-state index contributed by atoms with van der Waals surface area (Å²) in [6.45, 7) is 19.5. The number of aliphatic imine (C=N–C) groups is 1. The summed E-state index contributed by atoms with van der Waals surface area (Å²) in [5.41, 5.74) is 2.01. The van der Waals surface area contributed by atoms with Crippen LogP contribution in [0.3, 0.4) is 0 Å². The lowest BCUT2D eigenvalue weighted by atomic mass is 9.99. The molecule has 0 radical (unpaired) electrons. The number of methoxy groups -OCH3 is 1. The molecule has 11 nitrogen and oxygen atoms in total. The van der Waals surface area contributed by atoms with Crippen molar-refractivity contribution in [3.63, 3.8) is 0 Å². The third kappa shape index (κ3) is 14.7. The molecule has 1 aromatic rings. The smallest absolute Gasteiger partial charge is 0.425 e. The summed E-state index contributed by atoms with van der Waals surface area (Å²) < 4.78 is 37.7. The first-order valence-electron chi connectivity index (χ1n) is 18.1. The minimum atomic E-state index is -0.900. The molecule has 3 amide bonds. The molecule has 1 aromatic carbocycles. The van der Waals surface area contributed by atoms with E-state index in [-0.39, 0.29) is 17.9 Å². The summed E-state index contributed by atoms with van der Waals surface area (Å²) in [7, 11) is 1.59. The fraction of sp³-hybridized carbons (Fsp3) is 0.512. The van der Waals surface area contributed by atoms with Gasteiger partial charge in [0.2, 0.25) is 0 Å². The molecule has 0 aliphatic carbocycles. The van der Waals surface area contributed by atoms with Gasteiger partial charge in [-0.15, -0.1) is 0 Å². The van der Waals surface area contributed by atoms with Crippen molar-refractivity contribution >= 4 is 24.3 Å². The van der Waals surface area contributed by atoms with Crippen LogP contribution in [-0.2, 0) is 25.5 Å². The van der Waals surface area contributed by atoms with E-state index >= 15 is 4.39 Å². The molecule has 2 rings (SSSR count). The van der Waals surface area contributed by atoms with E-state index in [0.29, 0.717) is 50.3 Å². The van der Waals surface area contributed by atoms with Gasteiger partial charge in [0, 0.05) is 61.8 Å². The van der Waals surface area contributed by atoms with Gasteiger partial charge in [0.1, 0.15) is 28.6 Å². The van der Waals surface area contributed by atoms with Crippen molar-refractivity contribution in [2.75, 3.05) is 26.9 Å². The van der Waals surface area contributed by atoms with Crippen molar-refractivity contribution in [2.24, 2.45) is 4.99 Å². The average Bonchev–Trinajstić information content (AvgIpc) is 3.54. The lowest BCUT2D eigenvalue weighted by Gasteiger charge is -2.28. The second-order valence-corrected chi connectivity index (χ2v) is 14.4. The number of imide groups is 1. The van der Waals surface area contributed by atoms with Crippen molar-refractivity contribution in [3.05, 3.63) is 93.4 Å². The summed E-state index contributed by atoms with van der Waals surface area (Å²) >= 11 is 0. The van der Waals surface area contributed by atoms with Crippen LogP contribution in [0.15, 0.2) is 81.5 Å². The molecule has 0 unspecified atom stereocenters. The number of benzene rings is 1. The quantitative estimate of drug-likeness (QED) is 0.135. The molecular weight excluding hydrogens is 679 g/mol. The number of rotatable bonds is 15. The van der Waals surface area contributed by atoms with Crippen LogP contribution in [0.4, 0.5) is 14.0 Å². The molecule has 1 heterocycles. The number of amides is 3. The van der Waals surface area contributed by atoms with Crippen LogP contribution in [-0.4, -0.2) is 67.3 Å². The van der Waals surface area contributed by atoms with Gasteiger partial charge in [-0.3, -0.25) is 4.79 Å². The van der Waals surface area contributed by atoms with E-state index in [2.05, 4.69) is 15.6 Å². The zero-order valence-electron chi connectivity index (χ0n) is 33.4. The lowest BCUT2D eigenvalue weighted by Crippen LogP contribution is -2.42. The highest BCUT2D eigenvalue weighted by atomic mass is 19.1. The summed E-state index contributed by atoms with van der Waals surface area (Å²) in [5.74, 6) is -0.294. The zero-order valence-corrected chi connectivity index (χ0v) is 33.4. The van der Waals surface area contributed by atoms with Gasteiger partial charge in [0.05, 0.1) is 12.2 Å². The van der Waals surface area contributed by atoms with Crippen molar-refractivity contribution in [3.8, 4) is 0 Å². The van der Waals surface area contributed by atoms with E-state index in [1.165, 1.54) is 12.3 Å². The Kier molecular flexibility index (Phi) is 17.7. The Bertz CT molecular complexity index is 1600. The number of allylic oxidation sites excluding steroid dienone is 8. The van der Waals surface area contributed by atoms with Crippen LogP contribution in [0.25, 0.3) is 0 Å². The Balaban J connectivity index is 2.45. The van der Waals surface area contributed by atoms with Gasteiger partial charge >= 0.3 is 12.2 Å². The van der Waals surface area contributed by atoms with E-state index in [1.807, 2.05) is 39.8 Å². The highest BCUT2D eigenvalue weighted by Gasteiger charge is 2.34. The number of carbonyl (C=O) groups is 3. The third-order valence-electron chi connectivity index (χ3n) is 7.49. The Morgan fingerprint density at radius 1 is 1.00 bits per heavy atom. The molecular formula is C41H59FN4O7. The highest BCUT2D eigenvalue weighted by molar-refractivity contribution is 5.94. The maximum absolute atomic E-state index is 15.4. The number of hydrogen-bond acceptors (Lipinski definition) is 9. The van der Waals surface area contributed by atoms with Crippen molar-refractivity contribution in [2.45, 2.75) is 113 Å². The maximum atomic E-state index is 15.4. The summed E-state index contributed by atoms with van der Waals surface area (Å²) in [4.78, 5) is 44.5. The summed E-state index contributed by atoms with van der Waals surface area (Å²) in [6.07, 6.45) is 9.68. The molecule has 53 heavy (non-hydrogen) atoms. The molecule has 1 fully saturated rings. The highest BCUT2D eigenvalue weighted by Crippen LogP contribution is 2.33. The normalized spacial score (nSPS) is 16.1. The van der Waals surface area contributed by atoms with Crippen LogP contribution < -0.4 is 10.6 Å². The number of nitrogens with zero attached hydrogens (tertiary/aromatic N) is 2. The van der Waals surface area contributed by atoms with Crippen molar-refractivity contribution in [1.29, 1.82) is 0 Å². The van der Waals surface area contributed by atoms with E-state index in [0.717, 1.165) is 33.7 Å². The molecule has 0 saturated carbocycles. The Morgan fingerprint density at radius 2 is 1.66 bits per heavy atom. The van der Waals surface area contributed by atoms with E-state index in [9.17, 15) is 14.4 Å². The predicted octanol–water partition coefficient (Wildman–Crippen LogP) is 9.04. The van der Waals surface area contributed by atoms with Crippen LogP contribution in [0, 0.1) is 5.82 Å². The largest absolute Gasteiger partial charge is 0.492 e. The second-order valence-electron chi connectivity index (χ2n) is 14.4. The average molecular weight is 739 g/mol. The minimum Gasteiger partial charge on any atom is -0.492 e. The molecule has 0 aromatic heterocycles. The van der Waals surface area contributed by atoms with Gasteiger partial charge in [0.25, 0.3) is 5.91 Å². The van der Waals surface area contributed by atoms with Crippen molar-refractivity contribution < 1.29 is 37.7 Å². The molecule has 0 atom stereocenters. The lowest BCUT2D eigenvalue weighted by molar-refractivity contribution is 0.00803. The summed E-state index contributed by atoms with van der Waals surface area (Å²) in [6, 6.07) is 4.79. The zero-order chi connectivity index (χ0) is 39.8.